The molecule has 5 nitrogen and oxygen atoms in total. The van der Waals surface area contributed by atoms with Crippen LogP contribution in [0.15, 0.2) is 53.3 Å². The highest BCUT2D eigenvalue weighted by Gasteiger charge is 2.22. The molecule has 0 spiro atoms. The van der Waals surface area contributed by atoms with E-state index < -0.39 is 0 Å². The van der Waals surface area contributed by atoms with Crippen molar-refractivity contribution in [2.45, 2.75) is 58.4 Å². The van der Waals surface area contributed by atoms with Crippen molar-refractivity contribution < 1.29 is 4.74 Å². The van der Waals surface area contributed by atoms with Gasteiger partial charge in [0.05, 0.1) is 18.8 Å². The number of aromatic nitrogens is 3. The molecule has 1 aromatic heterocycles. The Hall–Kier alpha value is -2.82. The zero-order valence-electron chi connectivity index (χ0n) is 17.1. The first-order valence-electron chi connectivity index (χ1n) is 10.7. The second kappa shape index (κ2) is 9.12. The van der Waals surface area contributed by atoms with Crippen LogP contribution >= 0.6 is 0 Å². The smallest absolute Gasteiger partial charge is 0.350 e. The van der Waals surface area contributed by atoms with Crippen LogP contribution in [0.4, 0.5) is 0 Å². The second-order valence-electron chi connectivity index (χ2n) is 7.73. The lowest BCUT2D eigenvalue weighted by Crippen LogP contribution is -2.27. The number of fused-ring (bicyclic) bond motifs is 3. The molecule has 0 saturated carbocycles. The van der Waals surface area contributed by atoms with Crippen molar-refractivity contribution in [3.8, 4) is 11.4 Å². The lowest BCUT2D eigenvalue weighted by molar-refractivity contribution is 0.304. The molecule has 2 heterocycles. The van der Waals surface area contributed by atoms with E-state index in [4.69, 9.17) is 4.74 Å². The van der Waals surface area contributed by atoms with Crippen LogP contribution < -0.4 is 10.4 Å². The standard InChI is InChI=1S/C24H29N3O2/c1-2-3-4-5-9-16-29-21-13-14-22-20(17-21)12-15-23-25-26(24(28)27(22)23)18-19-10-7-6-8-11-19/h6-8,10-11,13-14,17H,2-5,9,12,15-16,18H2,1H3. The lowest BCUT2D eigenvalue weighted by atomic mass is 10.0. The van der Waals surface area contributed by atoms with E-state index in [1.54, 1.807) is 9.25 Å². The van der Waals surface area contributed by atoms with Gasteiger partial charge in [-0.3, -0.25) is 0 Å². The van der Waals surface area contributed by atoms with E-state index in [2.05, 4.69) is 18.1 Å². The third-order valence-electron chi connectivity index (χ3n) is 5.51. The van der Waals surface area contributed by atoms with E-state index in [0.717, 1.165) is 54.3 Å². The summed E-state index contributed by atoms with van der Waals surface area (Å²) in [5, 5.41) is 4.59. The van der Waals surface area contributed by atoms with Gasteiger partial charge in [0.1, 0.15) is 11.6 Å². The Balaban J connectivity index is 1.48. The maximum Gasteiger partial charge on any atom is 0.350 e. The second-order valence-corrected chi connectivity index (χ2v) is 7.73. The summed E-state index contributed by atoms with van der Waals surface area (Å²) in [6.45, 7) is 3.47. The Morgan fingerprint density at radius 2 is 1.83 bits per heavy atom. The number of benzene rings is 2. The average Bonchev–Trinajstić information content (AvgIpc) is 3.07. The van der Waals surface area contributed by atoms with E-state index >= 15 is 0 Å². The summed E-state index contributed by atoms with van der Waals surface area (Å²) >= 11 is 0. The quantitative estimate of drug-likeness (QED) is 0.504. The summed E-state index contributed by atoms with van der Waals surface area (Å²) in [5.74, 6) is 1.73. The number of aryl methyl sites for hydroxylation is 2. The molecule has 4 rings (SSSR count). The summed E-state index contributed by atoms with van der Waals surface area (Å²) in [5.41, 5.74) is 3.09. The average molecular weight is 392 g/mol. The maximum atomic E-state index is 13.0. The van der Waals surface area contributed by atoms with Crippen LogP contribution in [0.2, 0.25) is 0 Å². The number of hydrogen-bond donors (Lipinski definition) is 0. The van der Waals surface area contributed by atoms with E-state index in [9.17, 15) is 4.79 Å². The first-order chi connectivity index (χ1) is 14.3. The van der Waals surface area contributed by atoms with Gasteiger partial charge in [-0.1, -0.05) is 62.9 Å². The highest BCUT2D eigenvalue weighted by atomic mass is 16.5. The largest absolute Gasteiger partial charge is 0.494 e. The molecule has 0 N–H and O–H groups in total. The monoisotopic (exact) mass is 391 g/mol. The first-order valence-corrected chi connectivity index (χ1v) is 10.7. The van der Waals surface area contributed by atoms with Crippen LogP contribution in [-0.2, 0) is 19.4 Å². The van der Waals surface area contributed by atoms with E-state index in [1.165, 1.54) is 25.7 Å². The number of nitrogens with zero attached hydrogens (tertiary/aromatic N) is 3. The summed E-state index contributed by atoms with van der Waals surface area (Å²) in [4.78, 5) is 13.0. The third-order valence-corrected chi connectivity index (χ3v) is 5.51. The van der Waals surface area contributed by atoms with Gasteiger partial charge in [-0.25, -0.2) is 14.0 Å². The van der Waals surface area contributed by atoms with Crippen molar-refractivity contribution in [3.05, 3.63) is 76.0 Å². The minimum atomic E-state index is -0.0746. The number of unbranched alkanes of at least 4 members (excludes halogenated alkanes) is 4. The van der Waals surface area contributed by atoms with Crippen LogP contribution in [0.5, 0.6) is 5.75 Å². The first kappa shape index (κ1) is 19.5. The molecule has 3 aromatic rings. The predicted octanol–water partition coefficient (Wildman–Crippen LogP) is 4.53. The van der Waals surface area contributed by atoms with Crippen molar-refractivity contribution >= 4 is 0 Å². The van der Waals surface area contributed by atoms with Crippen LogP contribution in [-0.4, -0.2) is 21.0 Å². The molecule has 0 unspecified atom stereocenters. The third kappa shape index (κ3) is 4.44. The lowest BCUT2D eigenvalue weighted by Gasteiger charge is -2.18. The van der Waals surface area contributed by atoms with Gasteiger partial charge in [-0.2, -0.15) is 5.10 Å². The van der Waals surface area contributed by atoms with E-state index in [1.807, 2.05) is 42.5 Å². The summed E-state index contributed by atoms with van der Waals surface area (Å²) in [6.07, 6.45) is 7.80. The fraction of sp³-hybridized carbons (Fsp3) is 0.417. The van der Waals surface area contributed by atoms with Gasteiger partial charge in [0, 0.05) is 6.42 Å². The minimum Gasteiger partial charge on any atom is -0.494 e. The molecular weight excluding hydrogens is 362 g/mol. The molecule has 1 aliphatic rings. The van der Waals surface area contributed by atoms with Gasteiger partial charge in [0.15, 0.2) is 0 Å². The molecule has 5 heteroatoms. The number of hydrogen-bond acceptors (Lipinski definition) is 3. The molecular formula is C24H29N3O2. The zero-order valence-corrected chi connectivity index (χ0v) is 17.1. The molecule has 0 saturated heterocycles. The van der Waals surface area contributed by atoms with Crippen molar-refractivity contribution in [2.75, 3.05) is 6.61 Å². The highest BCUT2D eigenvalue weighted by Crippen LogP contribution is 2.26. The van der Waals surface area contributed by atoms with Gasteiger partial charge < -0.3 is 4.74 Å². The molecule has 2 aromatic carbocycles. The molecule has 152 valence electrons. The Bertz CT molecular complexity index is 1000. The van der Waals surface area contributed by atoms with Crippen LogP contribution in [0.3, 0.4) is 0 Å². The van der Waals surface area contributed by atoms with Crippen LogP contribution in [0.1, 0.15) is 56.0 Å². The topological polar surface area (TPSA) is 49.1 Å². The summed E-state index contributed by atoms with van der Waals surface area (Å²) < 4.78 is 9.28. The minimum absolute atomic E-state index is 0.0746. The molecule has 0 fully saturated rings. The summed E-state index contributed by atoms with van der Waals surface area (Å²) in [7, 11) is 0. The van der Waals surface area contributed by atoms with Crippen molar-refractivity contribution in [2.24, 2.45) is 0 Å². The number of ether oxygens (including phenoxy) is 1. The van der Waals surface area contributed by atoms with Gasteiger partial charge in [-0.05, 0) is 42.2 Å². The summed E-state index contributed by atoms with van der Waals surface area (Å²) in [6, 6.07) is 16.0. The van der Waals surface area contributed by atoms with Gasteiger partial charge >= 0.3 is 5.69 Å². The SMILES string of the molecule is CCCCCCCOc1ccc2c(c1)CCc1nn(Cc3ccccc3)c(=O)n1-2. The van der Waals surface area contributed by atoms with Crippen molar-refractivity contribution in [1.29, 1.82) is 0 Å². The molecule has 1 aliphatic heterocycles. The highest BCUT2D eigenvalue weighted by molar-refractivity contribution is 5.48. The fourth-order valence-corrected chi connectivity index (χ4v) is 3.93. The predicted molar refractivity (Wildman–Crippen MR) is 115 cm³/mol. The van der Waals surface area contributed by atoms with Gasteiger partial charge in [-0.15, -0.1) is 0 Å². The van der Waals surface area contributed by atoms with Gasteiger partial charge in [0.25, 0.3) is 0 Å². The molecule has 0 aliphatic carbocycles. The van der Waals surface area contributed by atoms with E-state index in [-0.39, 0.29) is 5.69 Å². The molecule has 0 bridgehead atoms. The Morgan fingerprint density at radius 3 is 2.66 bits per heavy atom. The Labute approximate surface area is 172 Å². The number of rotatable bonds is 9. The Morgan fingerprint density at radius 1 is 1.00 bits per heavy atom. The van der Waals surface area contributed by atoms with Crippen molar-refractivity contribution in [1.82, 2.24) is 14.3 Å². The molecule has 0 amide bonds. The molecule has 0 atom stereocenters. The zero-order chi connectivity index (χ0) is 20.1. The van der Waals surface area contributed by atoms with Crippen molar-refractivity contribution in [3.63, 3.8) is 0 Å². The Kier molecular flexibility index (Phi) is 6.13. The van der Waals surface area contributed by atoms with Crippen LogP contribution in [0, 0.1) is 0 Å². The molecule has 0 radical (unpaired) electrons. The normalized spacial score (nSPS) is 12.4. The van der Waals surface area contributed by atoms with Crippen LogP contribution in [0.25, 0.3) is 5.69 Å². The maximum absolute atomic E-state index is 13.0. The fourth-order valence-electron chi connectivity index (χ4n) is 3.93. The van der Waals surface area contributed by atoms with Gasteiger partial charge in [0.2, 0.25) is 0 Å². The molecule has 29 heavy (non-hydrogen) atoms. The van der Waals surface area contributed by atoms with E-state index in [0.29, 0.717) is 6.54 Å².